The Hall–Kier alpha value is -6.17. The maximum atomic E-state index is 12.8. The van der Waals surface area contributed by atoms with Gasteiger partial charge in [-0.2, -0.15) is 0 Å². The molecule has 14 rings (SSSR count). The van der Waals surface area contributed by atoms with Crippen molar-refractivity contribution in [3.05, 3.63) is 256 Å². The summed E-state index contributed by atoms with van der Waals surface area (Å²) in [5, 5.41) is 17.0. The molecule has 0 fully saturated rings. The van der Waals surface area contributed by atoms with Crippen LogP contribution in [-0.4, -0.2) is 10.9 Å². The highest BCUT2D eigenvalue weighted by molar-refractivity contribution is 9.11. The number of furan rings is 2. The van der Waals surface area contributed by atoms with Crippen molar-refractivity contribution in [2.75, 3.05) is 0 Å². The van der Waals surface area contributed by atoms with E-state index in [9.17, 15) is 9.90 Å². The lowest BCUT2D eigenvalue weighted by molar-refractivity contribution is 0.104. The largest absolute Gasteiger partial charge is 0.455 e. The Morgan fingerprint density at radius 2 is 0.873 bits per heavy atom. The van der Waals surface area contributed by atoms with Gasteiger partial charge < -0.3 is 13.9 Å². The first-order valence-electron chi connectivity index (χ1n) is 22.7. The molecule has 342 valence electrons. The summed E-state index contributed by atoms with van der Waals surface area (Å²) in [6, 6.07) is 68.8. The lowest BCUT2D eigenvalue weighted by atomic mass is 9.80. The fourth-order valence-corrected chi connectivity index (χ4v) is 12.7. The number of hydrogen-bond donors (Lipinski definition) is 1. The molecule has 10 aromatic carbocycles. The summed E-state index contributed by atoms with van der Waals surface area (Å²) in [6.07, 6.45) is 0. The van der Waals surface area contributed by atoms with Crippen LogP contribution in [-0.2, 0) is 5.60 Å². The van der Waals surface area contributed by atoms with Gasteiger partial charge in [0, 0.05) is 82.9 Å². The van der Waals surface area contributed by atoms with E-state index in [0.29, 0.717) is 11.1 Å². The Bertz CT molecular complexity index is 4100. The van der Waals surface area contributed by atoms with E-state index in [2.05, 4.69) is 152 Å². The average molecular weight is 1240 g/mol. The third kappa shape index (κ3) is 7.72. The molecule has 0 bridgehead atoms. The van der Waals surface area contributed by atoms with Crippen molar-refractivity contribution >= 4 is 129 Å². The van der Waals surface area contributed by atoms with E-state index in [-0.39, 0.29) is 5.78 Å². The number of benzene rings is 10. The second-order valence-corrected chi connectivity index (χ2v) is 21.7. The molecule has 1 atom stereocenters. The molecule has 0 aliphatic heterocycles. The van der Waals surface area contributed by atoms with Crippen molar-refractivity contribution in [1.82, 2.24) is 0 Å². The van der Waals surface area contributed by atoms with Gasteiger partial charge in [0.25, 0.3) is 0 Å². The summed E-state index contributed by atoms with van der Waals surface area (Å²) in [5.41, 5.74) is 14.0. The van der Waals surface area contributed by atoms with Crippen molar-refractivity contribution in [2.24, 2.45) is 0 Å². The molecule has 4 nitrogen and oxygen atoms in total. The zero-order valence-corrected chi connectivity index (χ0v) is 45.1. The van der Waals surface area contributed by atoms with E-state index >= 15 is 0 Å². The van der Waals surface area contributed by atoms with Gasteiger partial charge in [0.05, 0.1) is 0 Å². The third-order valence-electron chi connectivity index (χ3n) is 13.3. The zero-order chi connectivity index (χ0) is 48.5. The highest BCUT2D eigenvalue weighted by Gasteiger charge is 2.46. The Balaban J connectivity index is 0.000000123. The number of hydrogen-bond acceptors (Lipinski definition) is 4. The fourth-order valence-electron chi connectivity index (χ4n) is 10.2. The van der Waals surface area contributed by atoms with Gasteiger partial charge in [-0.15, -0.1) is 0 Å². The molecular formula is C62H35Br5O4. The van der Waals surface area contributed by atoms with Gasteiger partial charge in [-0.25, -0.2) is 0 Å². The molecule has 0 saturated heterocycles. The van der Waals surface area contributed by atoms with Crippen LogP contribution in [0.4, 0.5) is 0 Å². The Kier molecular flexibility index (Phi) is 11.9. The highest BCUT2D eigenvalue weighted by Crippen LogP contribution is 2.57. The van der Waals surface area contributed by atoms with Crippen LogP contribution in [0.25, 0.3) is 88.4 Å². The minimum atomic E-state index is -1.36. The molecule has 0 spiro atoms. The summed E-state index contributed by atoms with van der Waals surface area (Å²) < 4.78 is 17.3. The van der Waals surface area contributed by atoms with Crippen LogP contribution in [0.5, 0.6) is 0 Å². The molecule has 0 saturated carbocycles. The van der Waals surface area contributed by atoms with Crippen LogP contribution in [0, 0.1) is 0 Å². The van der Waals surface area contributed by atoms with Crippen molar-refractivity contribution < 1.29 is 18.7 Å². The lowest BCUT2D eigenvalue weighted by Crippen LogP contribution is -2.27. The SMILES string of the molecule is Brc1ccccc1-c1ccccc1.O=C1c2cc(Br)ccc2-c2c1cc(Br)c1c2oc2ccccc21.OC1(c2ccccc2-c2ccccc2)c2cc(Br)ccc2-c2c1cc(Br)c1c2oc2ccccc21. The van der Waals surface area contributed by atoms with Crippen LogP contribution in [0.1, 0.15) is 32.6 Å². The van der Waals surface area contributed by atoms with Crippen LogP contribution in [0.2, 0.25) is 0 Å². The first-order valence-corrected chi connectivity index (χ1v) is 26.7. The van der Waals surface area contributed by atoms with E-state index in [1.54, 1.807) is 0 Å². The number of para-hydroxylation sites is 2. The molecule has 1 N–H and O–H groups in total. The van der Waals surface area contributed by atoms with Crippen molar-refractivity contribution in [1.29, 1.82) is 0 Å². The molecule has 2 aliphatic rings. The number of carbonyl (C=O) groups is 1. The van der Waals surface area contributed by atoms with Crippen LogP contribution in [0.15, 0.2) is 237 Å². The van der Waals surface area contributed by atoms with Gasteiger partial charge in [-0.1, -0.05) is 199 Å². The van der Waals surface area contributed by atoms with Crippen LogP contribution in [0.3, 0.4) is 0 Å². The molecule has 12 aromatic rings. The predicted octanol–water partition coefficient (Wildman–Crippen LogP) is 19.5. The van der Waals surface area contributed by atoms with Gasteiger partial charge in [-0.05, 0) is 120 Å². The number of carbonyl (C=O) groups excluding carboxylic acids is 1. The average Bonchev–Trinajstić information content (AvgIpc) is 4.13. The highest BCUT2D eigenvalue weighted by atomic mass is 79.9. The van der Waals surface area contributed by atoms with Crippen molar-refractivity contribution in [2.45, 2.75) is 5.60 Å². The molecule has 1 unspecified atom stereocenters. The molecule has 0 amide bonds. The minimum Gasteiger partial charge on any atom is -0.455 e. The second-order valence-electron chi connectivity index (χ2n) is 17.3. The van der Waals surface area contributed by atoms with E-state index in [1.807, 2.05) is 133 Å². The molecule has 2 heterocycles. The number of fused-ring (bicyclic) bond motifs is 14. The number of ketones is 1. The summed E-state index contributed by atoms with van der Waals surface area (Å²) in [6.45, 7) is 0. The standard InChI is InChI=1S/C31H18Br2O2.C19H8Br2O2.C12H9Br/c32-19-14-15-21-24(16-19)31(34,23-12-6-4-10-20(23)18-8-2-1-3-9-18)25-17-26(33)29-22-11-5-7-13-27(22)35-30(29)28(21)25;20-9-5-6-10-12(7-9)18(22)13-8-14(21)17-11-3-1-2-4-15(11)23-19(17)16(10)13;13-12-9-5-4-8-11(12)10-6-2-1-3-7-10/h1-17,34H;1-8H;1-9H. The Morgan fingerprint density at radius 1 is 0.366 bits per heavy atom. The maximum absolute atomic E-state index is 12.8. The van der Waals surface area contributed by atoms with Gasteiger partial charge in [0.2, 0.25) is 0 Å². The van der Waals surface area contributed by atoms with E-state index in [4.69, 9.17) is 8.83 Å². The van der Waals surface area contributed by atoms with Gasteiger partial charge in [0.1, 0.15) is 27.9 Å². The van der Waals surface area contributed by atoms with Gasteiger partial charge in [0.15, 0.2) is 5.78 Å². The molecule has 0 radical (unpaired) electrons. The van der Waals surface area contributed by atoms with Gasteiger partial charge in [-0.3, -0.25) is 4.79 Å². The molecule has 2 aliphatic carbocycles. The smallest absolute Gasteiger partial charge is 0.194 e. The Morgan fingerprint density at radius 3 is 1.52 bits per heavy atom. The van der Waals surface area contributed by atoms with Crippen molar-refractivity contribution in [3.63, 3.8) is 0 Å². The van der Waals surface area contributed by atoms with Crippen molar-refractivity contribution in [3.8, 4) is 44.5 Å². The second kappa shape index (κ2) is 18.5. The molecule has 2 aromatic heterocycles. The lowest BCUT2D eigenvalue weighted by Gasteiger charge is -2.29. The Labute approximate surface area is 450 Å². The first-order chi connectivity index (χ1) is 34.6. The topological polar surface area (TPSA) is 63.6 Å². The molecule has 9 heteroatoms. The van der Waals surface area contributed by atoms with Crippen LogP contribution >= 0.6 is 79.6 Å². The predicted molar refractivity (Wildman–Crippen MR) is 306 cm³/mol. The van der Waals surface area contributed by atoms with E-state index < -0.39 is 5.60 Å². The third-order valence-corrected chi connectivity index (χ3v) is 16.3. The van der Waals surface area contributed by atoms with Crippen LogP contribution < -0.4 is 0 Å². The van der Waals surface area contributed by atoms with Gasteiger partial charge >= 0.3 is 0 Å². The number of halogens is 5. The number of aliphatic hydroxyl groups is 1. The van der Waals surface area contributed by atoms with E-state index in [1.165, 1.54) is 11.1 Å². The number of rotatable bonds is 3. The summed E-state index contributed by atoms with van der Waals surface area (Å²) in [4.78, 5) is 12.8. The first kappa shape index (κ1) is 45.9. The molecular weight excluding hydrogens is 1210 g/mol. The quantitative estimate of drug-likeness (QED) is 0.191. The fraction of sp³-hybridized carbons (Fsp3) is 0.0161. The summed E-state index contributed by atoms with van der Waals surface area (Å²) in [5.74, 6) is 0.0411. The maximum Gasteiger partial charge on any atom is 0.194 e. The monoisotopic (exact) mass is 1240 g/mol. The molecule has 71 heavy (non-hydrogen) atoms. The normalized spacial score (nSPS) is 14.1. The summed E-state index contributed by atoms with van der Waals surface area (Å²) in [7, 11) is 0. The summed E-state index contributed by atoms with van der Waals surface area (Å²) >= 11 is 18.1. The zero-order valence-electron chi connectivity index (χ0n) is 37.2. The van der Waals surface area contributed by atoms with E-state index in [0.717, 1.165) is 116 Å². The minimum absolute atomic E-state index is 0.0411.